The number of carbonyl (C=O) groups excluding carboxylic acids is 1. The van der Waals surface area contributed by atoms with Gasteiger partial charge in [-0.25, -0.2) is 9.97 Å². The molecule has 0 radical (unpaired) electrons. The zero-order valence-corrected chi connectivity index (χ0v) is 20.4. The number of benzene rings is 2. The van der Waals surface area contributed by atoms with Gasteiger partial charge in [-0.1, -0.05) is 36.4 Å². The fourth-order valence-corrected chi connectivity index (χ4v) is 4.17. The summed E-state index contributed by atoms with van der Waals surface area (Å²) < 4.78 is 11.7. The van der Waals surface area contributed by atoms with Crippen LogP contribution in [0.15, 0.2) is 48.8 Å². The van der Waals surface area contributed by atoms with Crippen LogP contribution in [-0.4, -0.2) is 79.2 Å². The molecule has 0 bridgehead atoms. The molecule has 0 saturated carbocycles. The minimum atomic E-state index is -0.349. The van der Waals surface area contributed by atoms with Gasteiger partial charge in [0.05, 0.1) is 24.9 Å². The third-order valence-electron chi connectivity index (χ3n) is 6.21. The zero-order valence-electron chi connectivity index (χ0n) is 20.4. The molecule has 1 aliphatic rings. The van der Waals surface area contributed by atoms with Crippen molar-refractivity contribution < 1.29 is 14.3 Å². The maximum atomic E-state index is 10.9. The lowest BCUT2D eigenvalue weighted by atomic mass is 10.0. The zero-order chi connectivity index (χ0) is 24.6. The van der Waals surface area contributed by atoms with Crippen molar-refractivity contribution in [2.24, 2.45) is 5.73 Å². The molecule has 3 aromatic rings. The van der Waals surface area contributed by atoms with Gasteiger partial charge in [-0.2, -0.15) is 0 Å². The highest BCUT2D eigenvalue weighted by atomic mass is 16.5. The summed E-state index contributed by atoms with van der Waals surface area (Å²) >= 11 is 0. The Hall–Kier alpha value is -3.49. The van der Waals surface area contributed by atoms with Crippen molar-refractivity contribution in [3.63, 3.8) is 0 Å². The van der Waals surface area contributed by atoms with Crippen LogP contribution in [0.5, 0.6) is 11.5 Å². The van der Waals surface area contributed by atoms with Crippen LogP contribution in [0.25, 0.3) is 28.2 Å². The van der Waals surface area contributed by atoms with E-state index >= 15 is 0 Å². The van der Waals surface area contributed by atoms with E-state index in [0.717, 1.165) is 66.9 Å². The molecule has 1 aliphatic heterocycles. The van der Waals surface area contributed by atoms with Crippen LogP contribution in [0.3, 0.4) is 0 Å². The molecule has 35 heavy (non-hydrogen) atoms. The Bertz CT molecular complexity index is 1170. The average Bonchev–Trinajstić information content (AvgIpc) is 2.87. The van der Waals surface area contributed by atoms with E-state index in [1.54, 1.807) is 19.5 Å². The number of hydrogen-bond acceptors (Lipinski definition) is 7. The van der Waals surface area contributed by atoms with Gasteiger partial charge in [0, 0.05) is 56.2 Å². The number of nitrogens with two attached hydrogens (primary N) is 1. The van der Waals surface area contributed by atoms with Crippen molar-refractivity contribution in [1.82, 2.24) is 19.8 Å². The molecule has 2 aromatic carbocycles. The summed E-state index contributed by atoms with van der Waals surface area (Å²) in [5, 5.41) is 0.895. The van der Waals surface area contributed by atoms with Gasteiger partial charge in [0.25, 0.3) is 0 Å². The number of aromatic nitrogens is 2. The molecule has 184 valence electrons. The Morgan fingerprint density at radius 1 is 1.09 bits per heavy atom. The number of piperazine rings is 1. The quantitative estimate of drug-likeness (QED) is 0.450. The highest BCUT2D eigenvalue weighted by Gasteiger charge is 2.15. The molecular formula is C27H33N5O3. The molecule has 4 rings (SSSR count). The first-order valence-corrected chi connectivity index (χ1v) is 11.9. The van der Waals surface area contributed by atoms with E-state index in [-0.39, 0.29) is 12.3 Å². The highest BCUT2D eigenvalue weighted by Crippen LogP contribution is 2.35. The van der Waals surface area contributed by atoms with Crippen LogP contribution in [0, 0.1) is 0 Å². The van der Waals surface area contributed by atoms with Gasteiger partial charge in [-0.15, -0.1) is 0 Å². The first-order valence-electron chi connectivity index (χ1n) is 11.9. The number of methoxy groups -OCH3 is 1. The Morgan fingerprint density at radius 3 is 2.57 bits per heavy atom. The van der Waals surface area contributed by atoms with E-state index < -0.39 is 0 Å². The lowest BCUT2D eigenvalue weighted by Crippen LogP contribution is -2.44. The van der Waals surface area contributed by atoms with Crippen LogP contribution in [0.4, 0.5) is 0 Å². The van der Waals surface area contributed by atoms with Crippen molar-refractivity contribution in [3.8, 4) is 22.8 Å². The first-order chi connectivity index (χ1) is 17.0. The summed E-state index contributed by atoms with van der Waals surface area (Å²) in [7, 11) is 3.82. The molecule has 1 amide bonds. The molecule has 8 nitrogen and oxygen atoms in total. The second-order valence-electron chi connectivity index (χ2n) is 8.78. The number of amides is 1. The van der Waals surface area contributed by atoms with Crippen molar-refractivity contribution in [2.75, 3.05) is 53.5 Å². The number of rotatable bonds is 10. The van der Waals surface area contributed by atoms with E-state index in [0.29, 0.717) is 18.1 Å². The smallest absolute Gasteiger partial charge is 0.221 e. The average molecular weight is 476 g/mol. The number of likely N-dealkylation sites (N-methyl/N-ethyl adjacent to an activating group) is 1. The minimum absolute atomic E-state index is 0.221. The summed E-state index contributed by atoms with van der Waals surface area (Å²) in [5.74, 6) is 1.01. The molecule has 1 aromatic heterocycles. The molecule has 2 N–H and O–H groups in total. The highest BCUT2D eigenvalue weighted by molar-refractivity contribution is 5.94. The van der Waals surface area contributed by atoms with Crippen molar-refractivity contribution >= 4 is 22.9 Å². The third-order valence-corrected chi connectivity index (χ3v) is 6.21. The number of primary amides is 1. The normalized spacial score (nSPS) is 15.0. The van der Waals surface area contributed by atoms with Crippen molar-refractivity contribution in [2.45, 2.75) is 12.8 Å². The van der Waals surface area contributed by atoms with E-state index in [1.165, 1.54) is 0 Å². The van der Waals surface area contributed by atoms with Gasteiger partial charge in [-0.05, 0) is 25.1 Å². The third kappa shape index (κ3) is 6.55. The molecular weight excluding hydrogens is 442 g/mol. The number of carbonyl (C=O) groups is 1. The molecule has 0 atom stereocenters. The Balaban J connectivity index is 1.46. The lowest BCUT2D eigenvalue weighted by Gasteiger charge is -2.32. The summed E-state index contributed by atoms with van der Waals surface area (Å²) in [5.41, 5.74) is 8.76. The molecule has 1 fully saturated rings. The van der Waals surface area contributed by atoms with Gasteiger partial charge in [-0.3, -0.25) is 4.79 Å². The van der Waals surface area contributed by atoms with E-state index in [2.05, 4.69) is 26.8 Å². The second-order valence-corrected chi connectivity index (χ2v) is 8.78. The number of nitrogens with zero attached hydrogens (tertiary/aromatic N) is 4. The van der Waals surface area contributed by atoms with Crippen molar-refractivity contribution in [1.29, 1.82) is 0 Å². The lowest BCUT2D eigenvalue weighted by molar-refractivity contribution is -0.117. The van der Waals surface area contributed by atoms with Gasteiger partial charge in [0.2, 0.25) is 5.91 Å². The summed E-state index contributed by atoms with van der Waals surface area (Å²) in [6.07, 6.45) is 6.39. The molecule has 0 aliphatic carbocycles. The summed E-state index contributed by atoms with van der Waals surface area (Å²) in [6.45, 7) is 6.12. The van der Waals surface area contributed by atoms with Gasteiger partial charge < -0.3 is 25.0 Å². The van der Waals surface area contributed by atoms with Gasteiger partial charge in [0.1, 0.15) is 6.33 Å². The fraction of sp³-hybridized carbons (Fsp3) is 0.370. The molecule has 2 heterocycles. The second kappa shape index (κ2) is 11.8. The minimum Gasteiger partial charge on any atom is -0.493 e. The van der Waals surface area contributed by atoms with Crippen LogP contribution in [0.1, 0.15) is 18.4 Å². The number of hydrogen-bond donors (Lipinski definition) is 1. The molecule has 0 spiro atoms. The van der Waals surface area contributed by atoms with Gasteiger partial charge >= 0.3 is 0 Å². The SMILES string of the molecule is COc1cc2c(-c3ccc(C=CCC(N)=O)cc3)ncnc2cc1OCCCN1CCN(C)CC1. The maximum Gasteiger partial charge on any atom is 0.221 e. The predicted octanol–water partition coefficient (Wildman–Crippen LogP) is 3.21. The monoisotopic (exact) mass is 475 g/mol. The Kier molecular flexibility index (Phi) is 8.28. The van der Waals surface area contributed by atoms with Crippen LogP contribution >= 0.6 is 0 Å². The van der Waals surface area contributed by atoms with E-state index in [9.17, 15) is 4.79 Å². The van der Waals surface area contributed by atoms with Gasteiger partial charge in [0.15, 0.2) is 11.5 Å². The van der Waals surface area contributed by atoms with Crippen molar-refractivity contribution in [3.05, 3.63) is 54.4 Å². The molecule has 0 unspecified atom stereocenters. The first kappa shape index (κ1) is 24.6. The van der Waals surface area contributed by atoms with Crippen LogP contribution in [-0.2, 0) is 4.79 Å². The maximum absolute atomic E-state index is 10.9. The summed E-state index contributed by atoms with van der Waals surface area (Å²) in [4.78, 5) is 24.8. The topological polar surface area (TPSA) is 93.8 Å². The Morgan fingerprint density at radius 2 is 1.86 bits per heavy atom. The standard InChI is InChI=1S/C27H33N5O3/c1-31-12-14-32(15-13-31)11-4-16-35-25-18-23-22(17-24(25)34-2)27(30-19-29-23)21-9-7-20(8-10-21)5-3-6-26(28)33/h3,5,7-10,17-19H,4,6,11-16H2,1-2H3,(H2,28,33). The molecule has 1 saturated heterocycles. The predicted molar refractivity (Wildman–Crippen MR) is 138 cm³/mol. The van der Waals surface area contributed by atoms with E-state index in [4.69, 9.17) is 15.2 Å². The van der Waals surface area contributed by atoms with Crippen LogP contribution < -0.4 is 15.2 Å². The van der Waals surface area contributed by atoms with Crippen LogP contribution in [0.2, 0.25) is 0 Å². The van der Waals surface area contributed by atoms with E-state index in [1.807, 2.05) is 42.5 Å². The fourth-order valence-electron chi connectivity index (χ4n) is 4.17. The summed E-state index contributed by atoms with van der Waals surface area (Å²) in [6, 6.07) is 11.8. The Labute approximate surface area is 206 Å². The molecule has 8 heteroatoms. The number of ether oxygens (including phenoxy) is 2. The largest absolute Gasteiger partial charge is 0.493 e. The number of fused-ring (bicyclic) bond motifs is 1.